The lowest BCUT2D eigenvalue weighted by Crippen LogP contribution is -2.32. The number of aromatic hydroxyl groups is 1. The van der Waals surface area contributed by atoms with Crippen molar-refractivity contribution < 1.29 is 9.90 Å². The number of rotatable bonds is 3. The van der Waals surface area contributed by atoms with Crippen LogP contribution in [0, 0.1) is 12.8 Å². The first-order valence-electron chi connectivity index (χ1n) is 5.74. The molecule has 16 heavy (non-hydrogen) atoms. The van der Waals surface area contributed by atoms with Gasteiger partial charge in [-0.2, -0.15) is 0 Å². The summed E-state index contributed by atoms with van der Waals surface area (Å²) in [5, 5.41) is 9.48. The zero-order chi connectivity index (χ0) is 11.7. The summed E-state index contributed by atoms with van der Waals surface area (Å²) < 4.78 is 0. The fourth-order valence-electron chi connectivity index (χ4n) is 1.88. The van der Waals surface area contributed by atoms with Crippen LogP contribution < -0.4 is 4.90 Å². The molecule has 0 radical (unpaired) electrons. The highest BCUT2D eigenvalue weighted by Crippen LogP contribution is 2.34. The third-order valence-electron chi connectivity index (χ3n) is 2.99. The van der Waals surface area contributed by atoms with Crippen molar-refractivity contribution in [2.75, 3.05) is 11.4 Å². The number of phenols is 1. The van der Waals surface area contributed by atoms with E-state index < -0.39 is 0 Å². The maximum atomic E-state index is 12.0. The van der Waals surface area contributed by atoms with Crippen molar-refractivity contribution in [3.63, 3.8) is 0 Å². The van der Waals surface area contributed by atoms with E-state index in [1.54, 1.807) is 17.0 Å². The van der Waals surface area contributed by atoms with Crippen LogP contribution in [-0.2, 0) is 4.79 Å². The number of carbonyl (C=O) groups is 1. The molecule has 3 heteroatoms. The standard InChI is InChI=1S/C13H17NO2/c1-3-14(13(16)10-5-6-10)12-8-11(15)7-4-9(12)2/h4,7-8,10,15H,3,5-6H2,1-2H3. The molecule has 0 atom stereocenters. The van der Waals surface area contributed by atoms with Gasteiger partial charge >= 0.3 is 0 Å². The van der Waals surface area contributed by atoms with Gasteiger partial charge in [0.25, 0.3) is 0 Å². The van der Waals surface area contributed by atoms with Gasteiger partial charge in [0, 0.05) is 18.5 Å². The van der Waals surface area contributed by atoms with Crippen molar-refractivity contribution >= 4 is 11.6 Å². The predicted molar refractivity (Wildman–Crippen MR) is 63.6 cm³/mol. The van der Waals surface area contributed by atoms with Gasteiger partial charge in [-0.25, -0.2) is 0 Å². The van der Waals surface area contributed by atoms with Crippen molar-refractivity contribution in [3.05, 3.63) is 23.8 Å². The van der Waals surface area contributed by atoms with Gasteiger partial charge in [-0.3, -0.25) is 4.79 Å². The van der Waals surface area contributed by atoms with Gasteiger partial charge in [0.2, 0.25) is 5.91 Å². The number of carbonyl (C=O) groups excluding carboxylic acids is 1. The van der Waals surface area contributed by atoms with Gasteiger partial charge < -0.3 is 10.0 Å². The molecule has 1 aliphatic rings. The molecule has 1 fully saturated rings. The molecule has 3 nitrogen and oxygen atoms in total. The molecule has 0 bridgehead atoms. The smallest absolute Gasteiger partial charge is 0.230 e. The van der Waals surface area contributed by atoms with Gasteiger partial charge in [0.05, 0.1) is 5.69 Å². The predicted octanol–water partition coefficient (Wildman–Crippen LogP) is 2.46. The average molecular weight is 219 g/mol. The molecule has 0 spiro atoms. The molecule has 1 N–H and O–H groups in total. The Morgan fingerprint density at radius 1 is 1.50 bits per heavy atom. The number of amides is 1. The van der Waals surface area contributed by atoms with Crippen LogP contribution in [-0.4, -0.2) is 17.6 Å². The average Bonchev–Trinajstić information content (AvgIpc) is 3.07. The number of hydrogen-bond donors (Lipinski definition) is 1. The Hall–Kier alpha value is -1.51. The zero-order valence-electron chi connectivity index (χ0n) is 9.73. The lowest BCUT2D eigenvalue weighted by atomic mass is 10.1. The quantitative estimate of drug-likeness (QED) is 0.848. The highest BCUT2D eigenvalue weighted by atomic mass is 16.3. The summed E-state index contributed by atoms with van der Waals surface area (Å²) in [6.45, 7) is 4.57. The molecule has 1 aromatic carbocycles. The summed E-state index contributed by atoms with van der Waals surface area (Å²) in [7, 11) is 0. The minimum absolute atomic E-state index is 0.191. The summed E-state index contributed by atoms with van der Waals surface area (Å²) in [5.74, 6) is 0.612. The maximum Gasteiger partial charge on any atom is 0.230 e. The van der Waals surface area contributed by atoms with E-state index in [1.807, 2.05) is 19.9 Å². The lowest BCUT2D eigenvalue weighted by molar-refractivity contribution is -0.119. The summed E-state index contributed by atoms with van der Waals surface area (Å²) in [4.78, 5) is 13.8. The molecule has 1 saturated carbocycles. The minimum atomic E-state index is 0.191. The fraction of sp³-hybridized carbons (Fsp3) is 0.462. The number of anilines is 1. The summed E-state index contributed by atoms with van der Waals surface area (Å²) in [5.41, 5.74) is 1.85. The van der Waals surface area contributed by atoms with Crippen molar-refractivity contribution in [2.45, 2.75) is 26.7 Å². The minimum Gasteiger partial charge on any atom is -0.508 e. The van der Waals surface area contributed by atoms with Crippen molar-refractivity contribution in [1.29, 1.82) is 0 Å². The first kappa shape index (κ1) is 11.0. The lowest BCUT2D eigenvalue weighted by Gasteiger charge is -2.23. The molecule has 86 valence electrons. The summed E-state index contributed by atoms with van der Waals surface area (Å²) in [6, 6.07) is 5.15. The Labute approximate surface area is 95.7 Å². The van der Waals surface area contributed by atoms with E-state index in [-0.39, 0.29) is 17.6 Å². The Kier molecular flexibility index (Phi) is 2.86. The highest BCUT2D eigenvalue weighted by molar-refractivity contribution is 5.97. The number of phenolic OH excluding ortho intramolecular Hbond substituents is 1. The second-order valence-corrected chi connectivity index (χ2v) is 4.33. The Morgan fingerprint density at radius 2 is 2.19 bits per heavy atom. The van der Waals surface area contributed by atoms with Gasteiger partial charge in [-0.05, 0) is 38.3 Å². The van der Waals surface area contributed by atoms with Crippen molar-refractivity contribution in [1.82, 2.24) is 0 Å². The normalized spacial score (nSPS) is 14.9. The van der Waals surface area contributed by atoms with E-state index in [0.717, 1.165) is 24.1 Å². The Morgan fingerprint density at radius 3 is 2.75 bits per heavy atom. The number of hydrogen-bond acceptors (Lipinski definition) is 2. The first-order valence-corrected chi connectivity index (χ1v) is 5.74. The van der Waals surface area contributed by atoms with E-state index >= 15 is 0 Å². The van der Waals surface area contributed by atoms with Crippen LogP contribution in [0.3, 0.4) is 0 Å². The molecule has 2 rings (SSSR count). The molecule has 0 aromatic heterocycles. The molecular formula is C13H17NO2. The number of aryl methyl sites for hydroxylation is 1. The monoisotopic (exact) mass is 219 g/mol. The van der Waals surface area contributed by atoms with Gasteiger partial charge in [0.1, 0.15) is 5.75 Å². The second kappa shape index (κ2) is 4.16. The van der Waals surface area contributed by atoms with Crippen LogP contribution >= 0.6 is 0 Å². The van der Waals surface area contributed by atoms with Crippen LogP contribution in [0.5, 0.6) is 5.75 Å². The van der Waals surface area contributed by atoms with Crippen molar-refractivity contribution in [2.24, 2.45) is 5.92 Å². The SMILES string of the molecule is CCN(C(=O)C1CC1)c1cc(O)ccc1C. The fourth-order valence-corrected chi connectivity index (χ4v) is 1.88. The van der Waals surface area contributed by atoms with Crippen LogP contribution in [0.2, 0.25) is 0 Å². The van der Waals surface area contributed by atoms with Gasteiger partial charge in [-0.15, -0.1) is 0 Å². The molecular weight excluding hydrogens is 202 g/mol. The molecule has 1 aromatic rings. The van der Waals surface area contributed by atoms with E-state index in [4.69, 9.17) is 0 Å². The third kappa shape index (κ3) is 2.03. The van der Waals surface area contributed by atoms with E-state index in [2.05, 4.69) is 0 Å². The zero-order valence-corrected chi connectivity index (χ0v) is 9.73. The van der Waals surface area contributed by atoms with Crippen LogP contribution in [0.1, 0.15) is 25.3 Å². The van der Waals surface area contributed by atoms with Crippen LogP contribution in [0.15, 0.2) is 18.2 Å². The van der Waals surface area contributed by atoms with E-state index in [1.165, 1.54) is 0 Å². The third-order valence-corrected chi connectivity index (χ3v) is 2.99. The van der Waals surface area contributed by atoms with E-state index in [9.17, 15) is 9.90 Å². The first-order chi connectivity index (χ1) is 7.63. The molecule has 0 saturated heterocycles. The largest absolute Gasteiger partial charge is 0.508 e. The number of benzene rings is 1. The molecule has 0 aliphatic heterocycles. The van der Waals surface area contributed by atoms with Crippen molar-refractivity contribution in [3.8, 4) is 5.75 Å². The van der Waals surface area contributed by atoms with E-state index in [0.29, 0.717) is 6.54 Å². The summed E-state index contributed by atoms with van der Waals surface area (Å²) >= 11 is 0. The molecule has 1 amide bonds. The maximum absolute atomic E-state index is 12.0. The summed E-state index contributed by atoms with van der Waals surface area (Å²) in [6.07, 6.45) is 2.01. The highest BCUT2D eigenvalue weighted by Gasteiger charge is 2.33. The molecule has 1 aliphatic carbocycles. The van der Waals surface area contributed by atoms with Gasteiger partial charge in [0.15, 0.2) is 0 Å². The molecule has 0 unspecified atom stereocenters. The molecule has 0 heterocycles. The Bertz CT molecular complexity index is 410. The van der Waals surface area contributed by atoms with Crippen LogP contribution in [0.4, 0.5) is 5.69 Å². The Balaban J connectivity index is 2.31. The topological polar surface area (TPSA) is 40.5 Å². The number of nitrogens with zero attached hydrogens (tertiary/aromatic N) is 1. The van der Waals surface area contributed by atoms with Gasteiger partial charge in [-0.1, -0.05) is 6.07 Å². The second-order valence-electron chi connectivity index (χ2n) is 4.33. The van der Waals surface area contributed by atoms with Crippen LogP contribution in [0.25, 0.3) is 0 Å².